The Bertz CT molecular complexity index is 1920. The van der Waals surface area contributed by atoms with Gasteiger partial charge in [-0.1, -0.05) is 57.4 Å². The summed E-state index contributed by atoms with van der Waals surface area (Å²) in [7, 11) is 3.19. The molecule has 0 unspecified atom stereocenters. The quantitative estimate of drug-likeness (QED) is 0.0551. The Morgan fingerprint density at radius 1 is 0.681 bits per heavy atom. The number of unbranched alkanes of at least 4 members (excludes halogenated alkanes) is 3. The number of nitrogens with zero attached hydrogens (tertiary/aromatic N) is 5. The van der Waals surface area contributed by atoms with E-state index < -0.39 is 29.4 Å². The first kappa shape index (κ1) is 57.6. The van der Waals surface area contributed by atoms with E-state index in [1.54, 1.807) is 43.3 Å². The number of rotatable bonds is 32. The van der Waals surface area contributed by atoms with E-state index in [4.69, 9.17) is 28.8 Å². The number of hydrogen-bond donors (Lipinski definition) is 2. The molecule has 0 saturated carbocycles. The van der Waals surface area contributed by atoms with E-state index in [0.29, 0.717) is 31.4 Å². The number of ether oxygens (including phenoxy) is 5. The number of aliphatic hydroxyl groups is 1. The zero-order valence-corrected chi connectivity index (χ0v) is 42.3. The Hall–Kier alpha value is -5.72. The molecule has 2 N–H and O–H groups in total. The smallest absolute Gasteiger partial charge is 0.415 e. The van der Waals surface area contributed by atoms with Crippen LogP contribution in [-0.4, -0.2) is 163 Å². The third-order valence-corrected chi connectivity index (χ3v) is 11.7. The van der Waals surface area contributed by atoms with Crippen molar-refractivity contribution in [3.05, 3.63) is 71.8 Å². The molecule has 0 atom stereocenters. The first-order valence-electron chi connectivity index (χ1n) is 24.2. The fourth-order valence-electron chi connectivity index (χ4n) is 7.04. The highest BCUT2D eigenvalue weighted by molar-refractivity contribution is 6.12. The number of imide groups is 1. The van der Waals surface area contributed by atoms with Crippen molar-refractivity contribution < 1.29 is 57.6 Å². The second kappa shape index (κ2) is 30.0. The number of carbonyl (C=O) groups is 6. The minimum absolute atomic E-state index is 0.0216. The fraction of sp³-hybridized carbons (Fsp3) is 0.608. The van der Waals surface area contributed by atoms with Crippen LogP contribution in [0, 0.1) is 0 Å². The molecule has 0 bridgehead atoms. The van der Waals surface area contributed by atoms with Crippen LogP contribution in [0.15, 0.2) is 60.7 Å². The van der Waals surface area contributed by atoms with Gasteiger partial charge in [0.25, 0.3) is 11.8 Å². The molecule has 18 nitrogen and oxygen atoms in total. The minimum Gasteiger partial charge on any atom is -0.445 e. The summed E-state index contributed by atoms with van der Waals surface area (Å²) < 4.78 is 28.4. The van der Waals surface area contributed by atoms with Gasteiger partial charge in [-0.15, -0.1) is 0 Å². The standard InChI is InChI=1S/C51H78N6O12/c1-9-11-13-27-52-42-19-15-40(16-20-42)38-66-47(62)53(7)29-31-55(33-36-65-37-34-58)49(64)69-43-21-17-41(18-22-43)39-67-48(63)54(8)30-32-57(46(61)14-12-10-2)50(3,4)26-35-68-51(5,6)25-28-56-44(59)23-24-45(56)60/h15-24,52,58H,9-14,25-39H2,1-8H3. The van der Waals surface area contributed by atoms with Crippen LogP contribution < -0.4 is 10.1 Å². The van der Waals surface area contributed by atoms with Crippen molar-refractivity contribution in [2.45, 2.75) is 117 Å². The molecule has 0 fully saturated rings. The van der Waals surface area contributed by atoms with E-state index in [9.17, 15) is 28.8 Å². The number of amides is 6. The molecule has 69 heavy (non-hydrogen) atoms. The van der Waals surface area contributed by atoms with Gasteiger partial charge in [0, 0.05) is 96.3 Å². The molecular weight excluding hydrogens is 889 g/mol. The summed E-state index contributed by atoms with van der Waals surface area (Å²) in [5.41, 5.74) is 1.27. The van der Waals surface area contributed by atoms with Gasteiger partial charge in [0.1, 0.15) is 19.0 Å². The van der Waals surface area contributed by atoms with Gasteiger partial charge in [-0.2, -0.15) is 0 Å². The van der Waals surface area contributed by atoms with E-state index in [2.05, 4.69) is 12.2 Å². The van der Waals surface area contributed by atoms with E-state index >= 15 is 0 Å². The molecule has 384 valence electrons. The number of carbonyl (C=O) groups excluding carboxylic acids is 6. The largest absolute Gasteiger partial charge is 0.445 e. The maximum absolute atomic E-state index is 13.5. The molecule has 0 aromatic heterocycles. The zero-order chi connectivity index (χ0) is 50.8. The molecule has 1 aliphatic rings. The van der Waals surface area contributed by atoms with E-state index in [1.807, 2.05) is 58.9 Å². The first-order valence-corrected chi connectivity index (χ1v) is 24.2. The Balaban J connectivity index is 1.48. The Morgan fingerprint density at radius 2 is 1.26 bits per heavy atom. The van der Waals surface area contributed by atoms with Gasteiger partial charge in [-0.05, 0) is 88.8 Å². The number of likely N-dealkylation sites (N-methyl/N-ethyl adjacent to an activating group) is 2. The van der Waals surface area contributed by atoms with Gasteiger partial charge in [0.05, 0.1) is 25.4 Å². The Kier molecular flexibility index (Phi) is 25.1. The lowest BCUT2D eigenvalue weighted by Crippen LogP contribution is -2.51. The van der Waals surface area contributed by atoms with Crippen molar-refractivity contribution in [3.8, 4) is 5.75 Å². The molecule has 0 spiro atoms. The maximum Gasteiger partial charge on any atom is 0.415 e. The fourth-order valence-corrected chi connectivity index (χ4v) is 7.04. The molecule has 0 radical (unpaired) electrons. The number of aliphatic hydroxyl groups excluding tert-OH is 1. The number of nitrogens with one attached hydrogen (secondary N) is 1. The SMILES string of the molecule is CCCCCNc1ccc(COC(=O)N(C)CCN(CCOCCO)C(=O)Oc2ccc(COC(=O)N(C)CCN(C(=O)CCCC)C(C)(C)CCOC(C)(C)CCN3C(=O)C=CC3=O)cc2)cc1. The molecule has 2 aromatic carbocycles. The molecule has 0 aliphatic carbocycles. The molecule has 18 heteroatoms. The van der Waals surface area contributed by atoms with Crippen LogP contribution in [0.25, 0.3) is 0 Å². The lowest BCUT2D eigenvalue weighted by molar-refractivity contribution is -0.138. The van der Waals surface area contributed by atoms with E-state index in [-0.39, 0.29) is 95.8 Å². The van der Waals surface area contributed by atoms with Gasteiger partial charge in [-0.25, -0.2) is 14.4 Å². The molecule has 0 saturated heterocycles. The Morgan fingerprint density at radius 3 is 1.84 bits per heavy atom. The average Bonchev–Trinajstić information content (AvgIpc) is 3.65. The van der Waals surface area contributed by atoms with Crippen LogP contribution in [0.2, 0.25) is 0 Å². The topological polar surface area (TPSA) is 197 Å². The molecule has 3 rings (SSSR count). The van der Waals surface area contributed by atoms with Crippen molar-refractivity contribution >= 4 is 41.7 Å². The van der Waals surface area contributed by atoms with Crippen molar-refractivity contribution in [1.82, 2.24) is 24.5 Å². The van der Waals surface area contributed by atoms with Crippen LogP contribution in [0.4, 0.5) is 20.1 Å². The molecular formula is C51H78N6O12. The predicted octanol–water partition coefficient (Wildman–Crippen LogP) is 7.23. The van der Waals surface area contributed by atoms with Crippen molar-refractivity contribution in [1.29, 1.82) is 0 Å². The Labute approximate surface area is 409 Å². The molecule has 2 aromatic rings. The summed E-state index contributed by atoms with van der Waals surface area (Å²) in [4.78, 5) is 83.9. The first-order chi connectivity index (χ1) is 32.9. The summed E-state index contributed by atoms with van der Waals surface area (Å²) in [6.45, 7) is 14.4. The van der Waals surface area contributed by atoms with Crippen LogP contribution in [0.5, 0.6) is 5.75 Å². The lowest BCUT2D eigenvalue weighted by atomic mass is 9.96. The monoisotopic (exact) mass is 967 g/mol. The highest BCUT2D eigenvalue weighted by atomic mass is 16.6. The zero-order valence-electron chi connectivity index (χ0n) is 42.3. The number of anilines is 1. The maximum atomic E-state index is 13.5. The van der Waals surface area contributed by atoms with Crippen LogP contribution in [0.3, 0.4) is 0 Å². The predicted molar refractivity (Wildman–Crippen MR) is 262 cm³/mol. The normalized spacial score (nSPS) is 12.5. The number of hydrogen-bond acceptors (Lipinski definition) is 13. The van der Waals surface area contributed by atoms with Crippen LogP contribution in [-0.2, 0) is 46.5 Å². The third kappa shape index (κ3) is 21.2. The lowest BCUT2D eigenvalue weighted by Gasteiger charge is -2.40. The summed E-state index contributed by atoms with van der Waals surface area (Å²) in [6.07, 6.45) is 7.09. The van der Waals surface area contributed by atoms with Gasteiger partial charge in [0.15, 0.2) is 0 Å². The van der Waals surface area contributed by atoms with Crippen LogP contribution in [0.1, 0.15) is 104 Å². The summed E-state index contributed by atoms with van der Waals surface area (Å²) >= 11 is 0. The van der Waals surface area contributed by atoms with Gasteiger partial charge >= 0.3 is 18.3 Å². The van der Waals surface area contributed by atoms with Crippen molar-refractivity contribution in [2.75, 3.05) is 91.7 Å². The second-order valence-electron chi connectivity index (χ2n) is 18.3. The third-order valence-electron chi connectivity index (χ3n) is 11.7. The minimum atomic E-state index is -0.668. The van der Waals surface area contributed by atoms with E-state index in [1.165, 1.54) is 38.2 Å². The number of benzene rings is 2. The van der Waals surface area contributed by atoms with Gasteiger partial charge < -0.3 is 53.7 Å². The average molecular weight is 967 g/mol. The molecule has 6 amide bonds. The molecule has 1 heterocycles. The van der Waals surface area contributed by atoms with Crippen LogP contribution >= 0.6 is 0 Å². The molecule has 1 aliphatic heterocycles. The van der Waals surface area contributed by atoms with Crippen molar-refractivity contribution in [3.63, 3.8) is 0 Å². The highest BCUT2D eigenvalue weighted by Crippen LogP contribution is 2.24. The summed E-state index contributed by atoms with van der Waals surface area (Å²) in [6, 6.07) is 14.3. The van der Waals surface area contributed by atoms with Gasteiger partial charge in [0.2, 0.25) is 5.91 Å². The second-order valence-corrected chi connectivity index (χ2v) is 18.3. The summed E-state index contributed by atoms with van der Waals surface area (Å²) in [5.74, 6) is -0.433. The van der Waals surface area contributed by atoms with E-state index in [0.717, 1.165) is 43.5 Å². The highest BCUT2D eigenvalue weighted by Gasteiger charge is 2.33. The van der Waals surface area contributed by atoms with Crippen molar-refractivity contribution in [2.24, 2.45) is 0 Å². The summed E-state index contributed by atoms with van der Waals surface area (Å²) in [5, 5.41) is 12.5. The van der Waals surface area contributed by atoms with Gasteiger partial charge in [-0.3, -0.25) is 19.3 Å².